The fraction of sp³-hybridized carbons (Fsp3) is 0.0714. The summed E-state index contributed by atoms with van der Waals surface area (Å²) in [6, 6.07) is 9.41. The number of amides is 2. The standard InChI is InChI=1S/C14H8BrNO5/c15-11-6-5-10(21-11)14(19)20-7-16-12(17)8-3-1-2-4-9(8)13(16)18/h1-6H,7H2. The zero-order valence-corrected chi connectivity index (χ0v) is 12.1. The predicted molar refractivity (Wildman–Crippen MR) is 73.6 cm³/mol. The Hall–Kier alpha value is -2.41. The first-order chi connectivity index (χ1) is 10.1. The van der Waals surface area contributed by atoms with Gasteiger partial charge in [0.25, 0.3) is 11.8 Å². The second kappa shape index (κ2) is 5.17. The molecule has 0 atom stereocenters. The van der Waals surface area contributed by atoms with Crippen LogP contribution in [0.15, 0.2) is 45.5 Å². The zero-order valence-electron chi connectivity index (χ0n) is 10.5. The number of nitrogens with zero attached hydrogens (tertiary/aromatic N) is 1. The number of rotatable bonds is 3. The van der Waals surface area contributed by atoms with E-state index in [0.717, 1.165) is 4.90 Å². The lowest BCUT2D eigenvalue weighted by molar-refractivity contribution is 0.0203. The Balaban J connectivity index is 1.71. The lowest BCUT2D eigenvalue weighted by Crippen LogP contribution is -2.33. The SMILES string of the molecule is O=C(OCN1C(=O)c2ccccc2C1=O)c1ccc(Br)o1. The lowest BCUT2D eigenvalue weighted by Gasteiger charge is -2.13. The minimum atomic E-state index is -0.753. The largest absolute Gasteiger partial charge is 0.442 e. The second-order valence-electron chi connectivity index (χ2n) is 4.25. The molecule has 2 heterocycles. The number of imide groups is 1. The van der Waals surface area contributed by atoms with E-state index in [4.69, 9.17) is 9.15 Å². The van der Waals surface area contributed by atoms with Gasteiger partial charge in [-0.15, -0.1) is 0 Å². The third-order valence-corrected chi connectivity index (χ3v) is 3.40. The van der Waals surface area contributed by atoms with E-state index in [2.05, 4.69) is 15.9 Å². The van der Waals surface area contributed by atoms with E-state index in [9.17, 15) is 14.4 Å². The summed E-state index contributed by atoms with van der Waals surface area (Å²) in [5.41, 5.74) is 0.610. The zero-order chi connectivity index (χ0) is 15.0. The van der Waals surface area contributed by atoms with Gasteiger partial charge in [-0.1, -0.05) is 12.1 Å². The van der Waals surface area contributed by atoms with E-state index in [1.54, 1.807) is 30.3 Å². The van der Waals surface area contributed by atoms with Gasteiger partial charge in [-0.2, -0.15) is 0 Å². The van der Waals surface area contributed by atoms with E-state index in [1.165, 1.54) is 6.07 Å². The van der Waals surface area contributed by atoms with Crippen LogP contribution in [0.3, 0.4) is 0 Å². The van der Waals surface area contributed by atoms with Crippen LogP contribution < -0.4 is 0 Å². The van der Waals surface area contributed by atoms with Gasteiger partial charge in [0, 0.05) is 0 Å². The highest BCUT2D eigenvalue weighted by Gasteiger charge is 2.35. The highest BCUT2D eigenvalue weighted by Crippen LogP contribution is 2.22. The van der Waals surface area contributed by atoms with Crippen molar-refractivity contribution in [2.75, 3.05) is 6.73 Å². The molecule has 1 aliphatic heterocycles. The molecule has 6 nitrogen and oxygen atoms in total. The van der Waals surface area contributed by atoms with Gasteiger partial charge in [0.1, 0.15) is 0 Å². The molecule has 0 spiro atoms. The first-order valence-corrected chi connectivity index (χ1v) is 6.75. The van der Waals surface area contributed by atoms with E-state index < -0.39 is 24.5 Å². The smallest absolute Gasteiger partial charge is 0.376 e. The van der Waals surface area contributed by atoms with Crippen LogP contribution >= 0.6 is 15.9 Å². The summed E-state index contributed by atoms with van der Waals surface area (Å²) in [4.78, 5) is 36.7. The van der Waals surface area contributed by atoms with Crippen LogP contribution in [0.1, 0.15) is 31.3 Å². The van der Waals surface area contributed by atoms with Gasteiger partial charge in [0.05, 0.1) is 11.1 Å². The molecule has 2 aromatic rings. The van der Waals surface area contributed by atoms with Gasteiger partial charge in [0.2, 0.25) is 5.76 Å². The number of furan rings is 1. The Morgan fingerprint density at radius 2 is 1.71 bits per heavy atom. The monoisotopic (exact) mass is 349 g/mol. The summed E-state index contributed by atoms with van der Waals surface area (Å²) in [5.74, 6) is -1.73. The average molecular weight is 350 g/mol. The van der Waals surface area contributed by atoms with Crippen LogP contribution in [0, 0.1) is 0 Å². The maximum atomic E-state index is 12.0. The highest BCUT2D eigenvalue weighted by atomic mass is 79.9. The van der Waals surface area contributed by atoms with Gasteiger partial charge < -0.3 is 9.15 Å². The van der Waals surface area contributed by atoms with E-state index in [0.29, 0.717) is 15.8 Å². The normalized spacial score (nSPS) is 13.5. The Morgan fingerprint density at radius 3 is 2.24 bits per heavy atom. The maximum absolute atomic E-state index is 12.0. The molecule has 0 aliphatic carbocycles. The summed E-state index contributed by atoms with van der Waals surface area (Å²) in [6.45, 7) is -0.455. The molecule has 0 saturated carbocycles. The predicted octanol–water partition coefficient (Wildman–Crippen LogP) is 2.45. The number of ether oxygens (including phenoxy) is 1. The molecule has 1 aromatic carbocycles. The van der Waals surface area contributed by atoms with Gasteiger partial charge in [-0.05, 0) is 40.2 Å². The van der Waals surface area contributed by atoms with Crippen molar-refractivity contribution in [1.82, 2.24) is 4.90 Å². The quantitative estimate of drug-likeness (QED) is 0.628. The highest BCUT2D eigenvalue weighted by molar-refractivity contribution is 9.10. The van der Waals surface area contributed by atoms with Gasteiger partial charge in [0.15, 0.2) is 11.4 Å². The van der Waals surface area contributed by atoms with Crippen molar-refractivity contribution in [3.8, 4) is 0 Å². The molecular formula is C14H8BrNO5. The summed E-state index contributed by atoms with van der Waals surface area (Å²) >= 11 is 3.06. The van der Waals surface area contributed by atoms with Crippen molar-refractivity contribution in [3.05, 3.63) is 58.0 Å². The number of hydrogen-bond acceptors (Lipinski definition) is 5. The molecule has 0 radical (unpaired) electrons. The number of carbonyl (C=O) groups is 3. The van der Waals surface area contributed by atoms with Crippen molar-refractivity contribution in [3.63, 3.8) is 0 Å². The molecule has 106 valence electrons. The third-order valence-electron chi connectivity index (χ3n) is 2.98. The molecule has 0 N–H and O–H groups in total. The number of hydrogen-bond donors (Lipinski definition) is 0. The van der Waals surface area contributed by atoms with Crippen LogP contribution in [0.4, 0.5) is 0 Å². The average Bonchev–Trinajstić information content (AvgIpc) is 3.02. The van der Waals surface area contributed by atoms with E-state index in [-0.39, 0.29) is 5.76 Å². The number of halogens is 1. The molecule has 0 bridgehead atoms. The molecule has 3 rings (SSSR count). The molecular weight excluding hydrogens is 342 g/mol. The van der Waals surface area contributed by atoms with Gasteiger partial charge in [-0.25, -0.2) is 9.69 Å². The summed E-state index contributed by atoms with van der Waals surface area (Å²) in [5, 5.41) is 0. The van der Waals surface area contributed by atoms with E-state index >= 15 is 0 Å². The molecule has 0 saturated heterocycles. The summed E-state index contributed by atoms with van der Waals surface area (Å²) in [6.07, 6.45) is 0. The molecule has 0 unspecified atom stereocenters. The first-order valence-electron chi connectivity index (χ1n) is 5.95. The lowest BCUT2D eigenvalue weighted by atomic mass is 10.1. The number of esters is 1. The van der Waals surface area contributed by atoms with Crippen molar-refractivity contribution in [1.29, 1.82) is 0 Å². The molecule has 7 heteroatoms. The van der Waals surface area contributed by atoms with Crippen molar-refractivity contribution < 1.29 is 23.5 Å². The third kappa shape index (κ3) is 2.36. The van der Waals surface area contributed by atoms with Crippen molar-refractivity contribution in [2.24, 2.45) is 0 Å². The van der Waals surface area contributed by atoms with Crippen LogP contribution in [-0.4, -0.2) is 29.4 Å². The Labute approximate surface area is 127 Å². The van der Waals surface area contributed by atoms with Gasteiger partial charge >= 0.3 is 5.97 Å². The minimum absolute atomic E-state index is 0.0153. The molecule has 1 aliphatic rings. The number of carbonyl (C=O) groups excluding carboxylic acids is 3. The number of benzene rings is 1. The van der Waals surface area contributed by atoms with Gasteiger partial charge in [-0.3, -0.25) is 9.59 Å². The van der Waals surface area contributed by atoms with Crippen LogP contribution in [0.25, 0.3) is 0 Å². The Morgan fingerprint density at radius 1 is 1.10 bits per heavy atom. The number of fused-ring (bicyclic) bond motifs is 1. The van der Waals surface area contributed by atoms with Crippen molar-refractivity contribution in [2.45, 2.75) is 0 Å². The molecule has 2 amide bonds. The topological polar surface area (TPSA) is 76.8 Å². The molecule has 1 aromatic heterocycles. The first kappa shape index (κ1) is 13.6. The molecule has 0 fully saturated rings. The van der Waals surface area contributed by atoms with E-state index in [1.807, 2.05) is 0 Å². The van der Waals surface area contributed by atoms with Crippen LogP contribution in [-0.2, 0) is 4.74 Å². The van der Waals surface area contributed by atoms with Crippen molar-refractivity contribution >= 4 is 33.7 Å². The molecule has 21 heavy (non-hydrogen) atoms. The Kier molecular flexibility index (Phi) is 3.34. The fourth-order valence-corrected chi connectivity index (χ4v) is 2.28. The summed E-state index contributed by atoms with van der Waals surface area (Å²) < 4.78 is 10.3. The fourth-order valence-electron chi connectivity index (χ4n) is 1.97. The second-order valence-corrected chi connectivity index (χ2v) is 5.03. The van der Waals surface area contributed by atoms with Crippen LogP contribution in [0.5, 0.6) is 0 Å². The minimum Gasteiger partial charge on any atom is -0.442 e. The van der Waals surface area contributed by atoms with Crippen LogP contribution in [0.2, 0.25) is 0 Å². The Bertz CT molecular complexity index is 716. The maximum Gasteiger partial charge on any atom is 0.376 e. The summed E-state index contributed by atoms with van der Waals surface area (Å²) in [7, 11) is 0.